The average molecular weight is 1480 g/mol. The number of carbonyl (C=O) groups is 4. The van der Waals surface area contributed by atoms with Gasteiger partial charge >= 0.3 is 39.5 Å². The Balaban J connectivity index is 5.26. The molecule has 0 aliphatic heterocycles. The molecular formula is C82H160O17P2. The number of aliphatic hydroxyl groups excluding tert-OH is 1. The minimum atomic E-state index is -4.96. The minimum absolute atomic E-state index is 0.106. The molecule has 0 aromatic rings. The van der Waals surface area contributed by atoms with Crippen molar-refractivity contribution in [3.8, 4) is 0 Å². The maximum Gasteiger partial charge on any atom is 0.472 e. The van der Waals surface area contributed by atoms with Crippen molar-refractivity contribution >= 4 is 39.5 Å². The lowest BCUT2D eigenvalue weighted by Crippen LogP contribution is -2.30. The van der Waals surface area contributed by atoms with Gasteiger partial charge in [-0.25, -0.2) is 9.13 Å². The Kier molecular flexibility index (Phi) is 70.9. The van der Waals surface area contributed by atoms with Crippen molar-refractivity contribution in [1.82, 2.24) is 0 Å². The van der Waals surface area contributed by atoms with Crippen LogP contribution in [0.5, 0.6) is 0 Å². The highest BCUT2D eigenvalue weighted by atomic mass is 31.2. The topological polar surface area (TPSA) is 237 Å². The Hall–Kier alpha value is -1.94. The molecule has 0 rings (SSSR count). The highest BCUT2D eigenvalue weighted by molar-refractivity contribution is 7.47. The van der Waals surface area contributed by atoms with Crippen LogP contribution in [0.15, 0.2) is 0 Å². The van der Waals surface area contributed by atoms with E-state index in [0.29, 0.717) is 25.7 Å². The van der Waals surface area contributed by atoms with Crippen molar-refractivity contribution in [2.75, 3.05) is 39.6 Å². The molecule has 101 heavy (non-hydrogen) atoms. The molecule has 4 unspecified atom stereocenters. The quantitative estimate of drug-likeness (QED) is 0.0222. The summed E-state index contributed by atoms with van der Waals surface area (Å²) in [5, 5.41) is 10.7. The van der Waals surface area contributed by atoms with E-state index in [2.05, 4.69) is 48.5 Å². The van der Waals surface area contributed by atoms with Crippen LogP contribution in [0, 0.1) is 17.8 Å². The molecule has 0 fully saturated rings. The van der Waals surface area contributed by atoms with Crippen molar-refractivity contribution in [1.29, 1.82) is 0 Å². The first-order chi connectivity index (χ1) is 48.8. The number of esters is 4. The van der Waals surface area contributed by atoms with Crippen LogP contribution >= 0.6 is 15.6 Å². The third-order valence-electron chi connectivity index (χ3n) is 19.9. The van der Waals surface area contributed by atoms with E-state index in [1.165, 1.54) is 238 Å². The van der Waals surface area contributed by atoms with Gasteiger partial charge in [-0.05, 0) is 43.4 Å². The van der Waals surface area contributed by atoms with Gasteiger partial charge in [0.25, 0.3) is 0 Å². The molecule has 0 aromatic heterocycles. The average Bonchev–Trinajstić information content (AvgIpc) is 0.953. The molecule has 0 bridgehead atoms. The Morgan fingerprint density at radius 3 is 0.752 bits per heavy atom. The number of hydrogen-bond donors (Lipinski definition) is 3. The fourth-order valence-electron chi connectivity index (χ4n) is 12.6. The number of carbonyl (C=O) groups excluding carboxylic acids is 4. The van der Waals surface area contributed by atoms with Gasteiger partial charge in [-0.2, -0.15) is 0 Å². The Morgan fingerprint density at radius 1 is 0.287 bits per heavy atom. The second-order valence-corrected chi connectivity index (χ2v) is 33.4. The molecule has 0 radical (unpaired) electrons. The maximum absolute atomic E-state index is 13.1. The third-order valence-corrected chi connectivity index (χ3v) is 21.8. The standard InChI is InChI=1S/C82H160O17P2/c1-8-11-12-13-14-15-16-17-18-19-20-21-25-28-34-42-49-56-63-79(84)92-69-77(98-81(86)65-58-51-44-35-29-26-23-22-24-27-32-40-47-54-61-74(6)9-2)71-96-100(88,89)94-67-76(83)68-95-101(90,91)97-72-78(70-93-80(85)64-57-50-43-38-37-39-46-53-60-73(4)5)99-82(87)66-59-52-45-36-31-30-33-41-48-55-62-75(7)10-3/h73-78,83H,8-72H2,1-7H3,(H,88,89)(H,90,91)/t74?,75?,76-,77-,78-/m1/s1. The molecule has 19 heteroatoms. The first kappa shape index (κ1) is 99.1. The smallest absolute Gasteiger partial charge is 0.462 e. The molecule has 17 nitrogen and oxygen atoms in total. The van der Waals surface area contributed by atoms with E-state index in [9.17, 15) is 43.2 Å². The normalized spacial score (nSPS) is 14.5. The summed E-state index contributed by atoms with van der Waals surface area (Å²) in [5.41, 5.74) is 0. The van der Waals surface area contributed by atoms with E-state index in [1.807, 2.05) is 0 Å². The summed E-state index contributed by atoms with van der Waals surface area (Å²) in [4.78, 5) is 73.1. The van der Waals surface area contributed by atoms with E-state index < -0.39 is 97.5 Å². The van der Waals surface area contributed by atoms with Gasteiger partial charge < -0.3 is 33.8 Å². The fraction of sp³-hybridized carbons (Fsp3) is 0.951. The van der Waals surface area contributed by atoms with Crippen molar-refractivity contribution < 1.29 is 80.2 Å². The van der Waals surface area contributed by atoms with Gasteiger partial charge in [-0.1, -0.05) is 376 Å². The SMILES string of the molecule is CCCCCCCCCCCCCCCCCCCCC(=O)OC[C@H](COP(=O)(O)OC[C@@H](O)COP(=O)(O)OC[C@@H](COC(=O)CCCCCCCCCCC(C)C)OC(=O)CCCCCCCCCCCCC(C)CC)OC(=O)CCCCCCCCCCCCCCCCC(C)CC. The summed E-state index contributed by atoms with van der Waals surface area (Å²) in [6.45, 7) is 12.0. The van der Waals surface area contributed by atoms with Gasteiger partial charge in [0.1, 0.15) is 19.3 Å². The zero-order chi connectivity index (χ0) is 74.4. The zero-order valence-electron chi connectivity index (χ0n) is 66.4. The molecule has 7 atom stereocenters. The Labute approximate surface area is 619 Å². The number of aliphatic hydroxyl groups is 1. The van der Waals surface area contributed by atoms with E-state index in [1.54, 1.807) is 0 Å². The van der Waals surface area contributed by atoms with Crippen molar-refractivity contribution in [2.45, 2.75) is 446 Å². The predicted octanol–water partition coefficient (Wildman–Crippen LogP) is 24.5. The summed E-state index contributed by atoms with van der Waals surface area (Å²) < 4.78 is 68.8. The molecule has 0 amide bonds. The van der Waals surface area contributed by atoms with Gasteiger partial charge in [0.15, 0.2) is 12.2 Å². The molecule has 0 aliphatic carbocycles. The first-order valence-electron chi connectivity index (χ1n) is 42.4. The van der Waals surface area contributed by atoms with Gasteiger partial charge in [-0.3, -0.25) is 37.3 Å². The largest absolute Gasteiger partial charge is 0.472 e. The molecule has 3 N–H and O–H groups in total. The summed E-state index contributed by atoms with van der Waals surface area (Å²) in [7, 11) is -9.92. The maximum atomic E-state index is 13.1. The number of ether oxygens (including phenoxy) is 4. The predicted molar refractivity (Wildman–Crippen MR) is 414 cm³/mol. The highest BCUT2D eigenvalue weighted by Crippen LogP contribution is 2.45. The van der Waals surface area contributed by atoms with Crippen LogP contribution in [0.3, 0.4) is 0 Å². The zero-order valence-corrected chi connectivity index (χ0v) is 68.2. The lowest BCUT2D eigenvalue weighted by molar-refractivity contribution is -0.161. The van der Waals surface area contributed by atoms with Crippen LogP contribution in [0.4, 0.5) is 0 Å². The summed E-state index contributed by atoms with van der Waals surface area (Å²) >= 11 is 0. The van der Waals surface area contributed by atoms with Crippen molar-refractivity contribution in [3.05, 3.63) is 0 Å². The lowest BCUT2D eigenvalue weighted by Gasteiger charge is -2.21. The Bertz CT molecular complexity index is 1960. The molecule has 0 spiro atoms. The van der Waals surface area contributed by atoms with Crippen LogP contribution in [-0.2, 0) is 65.4 Å². The third kappa shape index (κ3) is 73.4. The molecular weight excluding hydrogens is 1320 g/mol. The summed E-state index contributed by atoms with van der Waals surface area (Å²) in [5.74, 6) is 0.265. The van der Waals surface area contributed by atoms with E-state index in [-0.39, 0.29) is 25.7 Å². The first-order valence-corrected chi connectivity index (χ1v) is 45.4. The van der Waals surface area contributed by atoms with Gasteiger partial charge in [0, 0.05) is 25.7 Å². The van der Waals surface area contributed by atoms with Crippen LogP contribution in [0.2, 0.25) is 0 Å². The minimum Gasteiger partial charge on any atom is -0.462 e. The second kappa shape index (κ2) is 72.3. The molecule has 0 aliphatic rings. The van der Waals surface area contributed by atoms with Gasteiger partial charge in [-0.15, -0.1) is 0 Å². The molecule has 0 heterocycles. The van der Waals surface area contributed by atoms with E-state index in [4.69, 9.17) is 37.0 Å². The number of hydrogen-bond acceptors (Lipinski definition) is 15. The molecule has 600 valence electrons. The second-order valence-electron chi connectivity index (χ2n) is 30.5. The van der Waals surface area contributed by atoms with Crippen molar-refractivity contribution in [3.63, 3.8) is 0 Å². The molecule has 0 saturated heterocycles. The summed E-state index contributed by atoms with van der Waals surface area (Å²) in [6, 6.07) is 0. The van der Waals surface area contributed by atoms with Crippen LogP contribution in [0.25, 0.3) is 0 Å². The van der Waals surface area contributed by atoms with Crippen LogP contribution < -0.4 is 0 Å². The summed E-state index contributed by atoms with van der Waals surface area (Å²) in [6.07, 6.45) is 60.9. The van der Waals surface area contributed by atoms with Crippen molar-refractivity contribution in [2.24, 2.45) is 17.8 Å². The van der Waals surface area contributed by atoms with Gasteiger partial charge in [0.2, 0.25) is 0 Å². The molecule has 0 aromatic carbocycles. The molecule has 0 saturated carbocycles. The highest BCUT2D eigenvalue weighted by Gasteiger charge is 2.30. The number of unbranched alkanes of at least 4 members (excludes halogenated alkanes) is 46. The van der Waals surface area contributed by atoms with Crippen LogP contribution in [-0.4, -0.2) is 96.7 Å². The number of rotatable bonds is 80. The number of phosphoric ester groups is 2. The lowest BCUT2D eigenvalue weighted by atomic mass is 9.99. The monoisotopic (exact) mass is 1480 g/mol. The van der Waals surface area contributed by atoms with Crippen LogP contribution in [0.1, 0.15) is 427 Å². The Morgan fingerprint density at radius 2 is 0.505 bits per heavy atom. The van der Waals surface area contributed by atoms with Gasteiger partial charge in [0.05, 0.1) is 26.4 Å². The van der Waals surface area contributed by atoms with E-state index >= 15 is 0 Å². The van der Waals surface area contributed by atoms with E-state index in [0.717, 1.165) is 108 Å². The number of phosphoric acid groups is 2. The fourth-order valence-corrected chi connectivity index (χ4v) is 14.2.